The molecule has 0 bridgehead atoms. The fraction of sp³-hybridized carbons (Fsp3) is 0.333. The zero-order valence-corrected chi connectivity index (χ0v) is 17.9. The van der Waals surface area contributed by atoms with E-state index in [2.05, 4.69) is 21.2 Å². The second-order valence-corrected chi connectivity index (χ2v) is 8.99. The van der Waals surface area contributed by atoms with Gasteiger partial charge in [-0.2, -0.15) is 4.31 Å². The normalized spacial score (nSPS) is 15.3. The van der Waals surface area contributed by atoms with Crippen molar-refractivity contribution >= 4 is 38.4 Å². The summed E-state index contributed by atoms with van der Waals surface area (Å²) < 4.78 is 34.3. The van der Waals surface area contributed by atoms with Gasteiger partial charge in [0, 0.05) is 30.7 Å². The van der Waals surface area contributed by atoms with Crippen molar-refractivity contribution in [3.63, 3.8) is 0 Å². The van der Waals surface area contributed by atoms with E-state index in [1.54, 1.807) is 18.2 Å². The Kier molecular flexibility index (Phi) is 7.10. The molecule has 1 N–H and O–H groups in total. The predicted octanol–water partition coefficient (Wildman–Crippen LogP) is 3.87. The van der Waals surface area contributed by atoms with E-state index in [0.717, 1.165) is 11.1 Å². The minimum absolute atomic E-state index is 0. The smallest absolute Gasteiger partial charge is 0.246 e. The van der Waals surface area contributed by atoms with Crippen molar-refractivity contribution in [2.75, 3.05) is 26.2 Å². The lowest BCUT2D eigenvalue weighted by Crippen LogP contribution is -2.46. The van der Waals surface area contributed by atoms with E-state index < -0.39 is 10.0 Å². The summed E-state index contributed by atoms with van der Waals surface area (Å²) in [5.41, 5.74) is 2.14. The first kappa shape index (κ1) is 21.2. The quantitative estimate of drug-likeness (QED) is 0.751. The number of benzene rings is 2. The van der Waals surface area contributed by atoms with Crippen molar-refractivity contribution in [1.29, 1.82) is 0 Å². The first-order valence-corrected chi connectivity index (χ1v) is 10.4. The summed E-state index contributed by atoms with van der Waals surface area (Å²) >= 11 is 3.37. The third-order valence-corrected chi connectivity index (χ3v) is 6.44. The summed E-state index contributed by atoms with van der Waals surface area (Å²) in [5, 5.41) is 3.17. The summed E-state index contributed by atoms with van der Waals surface area (Å²) in [6.07, 6.45) is 0. The Labute approximate surface area is 169 Å². The molecule has 1 aliphatic heterocycles. The van der Waals surface area contributed by atoms with E-state index in [1.807, 2.05) is 32.0 Å². The lowest BCUT2D eigenvalue weighted by Gasteiger charge is -2.27. The van der Waals surface area contributed by atoms with Crippen LogP contribution in [0.5, 0.6) is 11.5 Å². The van der Waals surface area contributed by atoms with Crippen LogP contribution in [0, 0.1) is 13.8 Å². The van der Waals surface area contributed by atoms with Gasteiger partial charge in [-0.25, -0.2) is 8.42 Å². The highest BCUT2D eigenvalue weighted by Gasteiger charge is 2.29. The molecule has 0 radical (unpaired) electrons. The van der Waals surface area contributed by atoms with Crippen molar-refractivity contribution in [3.8, 4) is 11.5 Å². The lowest BCUT2D eigenvalue weighted by molar-refractivity contribution is 0.358. The summed E-state index contributed by atoms with van der Waals surface area (Å²) in [5.74, 6) is 0.975. The monoisotopic (exact) mass is 460 g/mol. The van der Waals surface area contributed by atoms with E-state index >= 15 is 0 Å². The van der Waals surface area contributed by atoms with Gasteiger partial charge in [0.15, 0.2) is 0 Å². The highest BCUT2D eigenvalue weighted by atomic mass is 79.9. The zero-order valence-electron chi connectivity index (χ0n) is 14.7. The average Bonchev–Trinajstić information content (AvgIpc) is 2.56. The van der Waals surface area contributed by atoms with Gasteiger partial charge in [0.1, 0.15) is 16.4 Å². The molecular weight excluding hydrogens is 440 g/mol. The standard InChI is InChI=1S/C18H21BrN2O3S.ClH/c1-13-9-14(2)11-16(10-13)24-17-4-3-15(19)12-18(17)25(22,23)21-7-5-20-6-8-21;/h3-4,9-12,20H,5-8H2,1-2H3;1H. The van der Waals surface area contributed by atoms with Crippen molar-refractivity contribution < 1.29 is 13.2 Å². The van der Waals surface area contributed by atoms with Crippen molar-refractivity contribution in [3.05, 3.63) is 52.0 Å². The highest BCUT2D eigenvalue weighted by Crippen LogP contribution is 2.34. The Balaban J connectivity index is 0.00000243. The van der Waals surface area contributed by atoms with Crippen LogP contribution in [-0.4, -0.2) is 38.9 Å². The van der Waals surface area contributed by atoms with Gasteiger partial charge >= 0.3 is 0 Å². The van der Waals surface area contributed by atoms with Crippen LogP contribution >= 0.6 is 28.3 Å². The summed E-state index contributed by atoms with van der Waals surface area (Å²) in [7, 11) is -3.62. The molecule has 0 aromatic heterocycles. The van der Waals surface area contributed by atoms with E-state index in [9.17, 15) is 8.42 Å². The molecule has 0 saturated carbocycles. The van der Waals surface area contributed by atoms with E-state index in [1.165, 1.54) is 4.31 Å². The lowest BCUT2D eigenvalue weighted by atomic mass is 10.1. The van der Waals surface area contributed by atoms with Gasteiger partial charge in [-0.15, -0.1) is 12.4 Å². The van der Waals surface area contributed by atoms with Gasteiger partial charge in [-0.3, -0.25) is 0 Å². The van der Waals surface area contributed by atoms with Gasteiger partial charge in [0.25, 0.3) is 0 Å². The van der Waals surface area contributed by atoms with Crippen molar-refractivity contribution in [2.45, 2.75) is 18.7 Å². The SMILES string of the molecule is Cc1cc(C)cc(Oc2ccc(Br)cc2S(=O)(=O)N2CCNCC2)c1.Cl. The van der Waals surface area contributed by atoms with E-state index in [-0.39, 0.29) is 17.3 Å². The first-order valence-electron chi connectivity index (χ1n) is 8.13. The van der Waals surface area contributed by atoms with Gasteiger partial charge in [-0.1, -0.05) is 22.0 Å². The Bertz CT molecular complexity index is 864. The number of hydrogen-bond acceptors (Lipinski definition) is 4. The van der Waals surface area contributed by atoms with Crippen LogP contribution in [0.25, 0.3) is 0 Å². The Morgan fingerprint density at radius 2 is 1.65 bits per heavy atom. The molecule has 142 valence electrons. The van der Waals surface area contributed by atoms with Gasteiger partial charge in [-0.05, 0) is 55.3 Å². The molecule has 1 heterocycles. The molecule has 0 amide bonds. The number of nitrogens with one attached hydrogen (secondary N) is 1. The van der Waals surface area contributed by atoms with Crippen molar-refractivity contribution in [1.82, 2.24) is 9.62 Å². The number of hydrogen-bond donors (Lipinski definition) is 1. The average molecular weight is 462 g/mol. The number of nitrogens with zero attached hydrogens (tertiary/aromatic N) is 1. The molecule has 8 heteroatoms. The Hall–Kier alpha value is -1.12. The number of aryl methyl sites for hydroxylation is 2. The second-order valence-electron chi connectivity index (χ2n) is 6.17. The fourth-order valence-electron chi connectivity index (χ4n) is 2.91. The van der Waals surface area contributed by atoms with E-state index in [0.29, 0.717) is 42.2 Å². The number of ether oxygens (including phenoxy) is 1. The van der Waals surface area contributed by atoms with Gasteiger partial charge in [0.2, 0.25) is 10.0 Å². The molecule has 0 atom stereocenters. The largest absolute Gasteiger partial charge is 0.456 e. The molecule has 0 unspecified atom stereocenters. The van der Waals surface area contributed by atoms with E-state index in [4.69, 9.17) is 4.74 Å². The summed E-state index contributed by atoms with van der Waals surface area (Å²) in [4.78, 5) is 0.183. The maximum Gasteiger partial charge on any atom is 0.246 e. The van der Waals surface area contributed by atoms with Crippen LogP contribution in [0.1, 0.15) is 11.1 Å². The third kappa shape index (κ3) is 4.78. The molecule has 1 saturated heterocycles. The maximum absolute atomic E-state index is 13.1. The number of piperazine rings is 1. The third-order valence-electron chi connectivity index (χ3n) is 4.02. The predicted molar refractivity (Wildman–Crippen MR) is 109 cm³/mol. The molecule has 2 aromatic rings. The molecule has 0 aliphatic carbocycles. The first-order chi connectivity index (χ1) is 11.9. The van der Waals surface area contributed by atoms with Crippen LogP contribution in [-0.2, 0) is 10.0 Å². The van der Waals surface area contributed by atoms with Gasteiger partial charge in [0.05, 0.1) is 0 Å². The minimum Gasteiger partial charge on any atom is -0.456 e. The summed E-state index contributed by atoms with van der Waals surface area (Å²) in [6, 6.07) is 10.9. The molecule has 3 rings (SSSR count). The molecule has 1 aliphatic rings. The highest BCUT2D eigenvalue weighted by molar-refractivity contribution is 9.10. The Morgan fingerprint density at radius 3 is 2.27 bits per heavy atom. The molecule has 5 nitrogen and oxygen atoms in total. The Morgan fingerprint density at radius 1 is 1.04 bits per heavy atom. The van der Waals surface area contributed by atoms with Gasteiger partial charge < -0.3 is 10.1 Å². The molecule has 0 spiro atoms. The molecular formula is C18H22BrClN2O3S. The van der Waals surface area contributed by atoms with Crippen LogP contribution in [0.15, 0.2) is 45.8 Å². The molecule has 1 fully saturated rings. The van der Waals surface area contributed by atoms with Crippen LogP contribution in [0.3, 0.4) is 0 Å². The summed E-state index contributed by atoms with van der Waals surface area (Å²) in [6.45, 7) is 6.19. The molecule has 26 heavy (non-hydrogen) atoms. The van der Waals surface area contributed by atoms with Crippen LogP contribution < -0.4 is 10.1 Å². The van der Waals surface area contributed by atoms with Crippen LogP contribution in [0.2, 0.25) is 0 Å². The van der Waals surface area contributed by atoms with Crippen LogP contribution in [0.4, 0.5) is 0 Å². The number of rotatable bonds is 4. The number of halogens is 2. The maximum atomic E-state index is 13.1. The number of sulfonamides is 1. The second kappa shape index (κ2) is 8.71. The minimum atomic E-state index is -3.62. The fourth-order valence-corrected chi connectivity index (χ4v) is 5.00. The topological polar surface area (TPSA) is 58.6 Å². The van der Waals surface area contributed by atoms with Crippen molar-refractivity contribution in [2.24, 2.45) is 0 Å². The molecule has 2 aromatic carbocycles. The zero-order chi connectivity index (χ0) is 18.0.